The second kappa shape index (κ2) is 9.62. The van der Waals surface area contributed by atoms with Gasteiger partial charge in [-0.1, -0.05) is 35.9 Å². The van der Waals surface area contributed by atoms with Crippen molar-refractivity contribution in [3.05, 3.63) is 71.4 Å². The van der Waals surface area contributed by atoms with Gasteiger partial charge < -0.3 is 13.9 Å². The Morgan fingerprint density at radius 3 is 2.54 bits per heavy atom. The van der Waals surface area contributed by atoms with Gasteiger partial charge in [-0.3, -0.25) is 4.79 Å². The fourth-order valence-electron chi connectivity index (χ4n) is 2.42. The topological polar surface area (TPSA) is 73.1 Å². The van der Waals surface area contributed by atoms with E-state index in [-0.39, 0.29) is 6.61 Å². The van der Waals surface area contributed by atoms with E-state index in [9.17, 15) is 4.79 Å². The van der Waals surface area contributed by atoms with E-state index in [1.54, 1.807) is 36.4 Å². The first-order valence-electron chi connectivity index (χ1n) is 8.68. The lowest BCUT2D eigenvalue weighted by atomic mass is 10.2. The minimum atomic E-state index is -0.402. The molecule has 0 aliphatic carbocycles. The normalized spacial score (nSPS) is 10.8. The van der Waals surface area contributed by atoms with Gasteiger partial charge in [0.1, 0.15) is 11.5 Å². The Bertz CT molecular complexity index is 968. The molecule has 0 bridgehead atoms. The summed E-state index contributed by atoms with van der Waals surface area (Å²) in [7, 11) is 0. The van der Waals surface area contributed by atoms with Gasteiger partial charge in [0, 0.05) is 5.56 Å². The molecule has 28 heavy (non-hydrogen) atoms. The largest absolute Gasteiger partial charge is 0.490 e. The van der Waals surface area contributed by atoms with Crippen LogP contribution in [0.1, 0.15) is 12.7 Å². The van der Waals surface area contributed by atoms with Crippen molar-refractivity contribution in [2.45, 2.75) is 6.92 Å². The van der Waals surface area contributed by atoms with Gasteiger partial charge >= 0.3 is 0 Å². The number of hydrogen-bond donors (Lipinski definition) is 1. The van der Waals surface area contributed by atoms with Crippen molar-refractivity contribution in [1.29, 1.82) is 0 Å². The first-order valence-corrected chi connectivity index (χ1v) is 9.06. The molecule has 2 aromatic carbocycles. The van der Waals surface area contributed by atoms with Crippen molar-refractivity contribution in [3.63, 3.8) is 0 Å². The number of nitrogens with one attached hydrogen (secondary N) is 1. The summed E-state index contributed by atoms with van der Waals surface area (Å²) in [5, 5.41) is 4.47. The maximum absolute atomic E-state index is 11.9. The van der Waals surface area contributed by atoms with Gasteiger partial charge in [-0.2, -0.15) is 5.10 Å². The van der Waals surface area contributed by atoms with E-state index in [4.69, 9.17) is 25.5 Å². The van der Waals surface area contributed by atoms with E-state index >= 15 is 0 Å². The lowest BCUT2D eigenvalue weighted by Crippen LogP contribution is -2.24. The average Bonchev–Trinajstić information content (AvgIpc) is 3.16. The maximum atomic E-state index is 11.9. The first kappa shape index (κ1) is 19.5. The number of furan rings is 1. The summed E-state index contributed by atoms with van der Waals surface area (Å²) in [4.78, 5) is 11.9. The highest BCUT2D eigenvalue weighted by Crippen LogP contribution is 2.28. The molecule has 1 heterocycles. The first-order chi connectivity index (χ1) is 13.7. The predicted molar refractivity (Wildman–Crippen MR) is 108 cm³/mol. The van der Waals surface area contributed by atoms with Gasteiger partial charge in [-0.05, 0) is 43.3 Å². The highest BCUT2D eigenvalue weighted by atomic mass is 35.5. The van der Waals surface area contributed by atoms with Crippen LogP contribution in [0.15, 0.2) is 70.2 Å². The third-order valence-corrected chi connectivity index (χ3v) is 3.98. The van der Waals surface area contributed by atoms with E-state index < -0.39 is 5.91 Å². The minimum absolute atomic E-state index is 0.190. The van der Waals surface area contributed by atoms with Gasteiger partial charge in [0.25, 0.3) is 5.91 Å². The molecular weight excluding hydrogens is 380 g/mol. The molecule has 6 nitrogen and oxygen atoms in total. The summed E-state index contributed by atoms with van der Waals surface area (Å²) in [5.41, 5.74) is 3.18. The van der Waals surface area contributed by atoms with Gasteiger partial charge in [0.2, 0.25) is 0 Å². The number of para-hydroxylation sites is 2. The van der Waals surface area contributed by atoms with Crippen molar-refractivity contribution >= 4 is 23.7 Å². The zero-order valence-corrected chi connectivity index (χ0v) is 16.0. The Kier molecular flexibility index (Phi) is 6.70. The minimum Gasteiger partial charge on any atom is -0.490 e. The summed E-state index contributed by atoms with van der Waals surface area (Å²) >= 11 is 6.16. The molecule has 3 aromatic rings. The monoisotopic (exact) mass is 398 g/mol. The van der Waals surface area contributed by atoms with Crippen LogP contribution in [0, 0.1) is 0 Å². The number of amides is 1. The number of ether oxygens (including phenoxy) is 2. The van der Waals surface area contributed by atoms with Gasteiger partial charge in [0.15, 0.2) is 18.1 Å². The number of nitrogens with zero attached hydrogens (tertiary/aromatic N) is 1. The Hall–Kier alpha value is -3.25. The molecular formula is C21H19ClN2O4. The van der Waals surface area contributed by atoms with Crippen LogP contribution in [0.3, 0.4) is 0 Å². The molecule has 1 N–H and O–H groups in total. The summed E-state index contributed by atoms with van der Waals surface area (Å²) in [6.07, 6.45) is 1.41. The van der Waals surface area contributed by atoms with Crippen LogP contribution in [0.5, 0.6) is 11.5 Å². The fourth-order valence-corrected chi connectivity index (χ4v) is 2.64. The number of benzene rings is 2. The van der Waals surface area contributed by atoms with Crippen molar-refractivity contribution in [2.75, 3.05) is 13.2 Å². The van der Waals surface area contributed by atoms with Crippen LogP contribution in [0.25, 0.3) is 11.3 Å². The van der Waals surface area contributed by atoms with Gasteiger partial charge in [-0.15, -0.1) is 0 Å². The molecule has 0 atom stereocenters. The third-order valence-electron chi connectivity index (χ3n) is 3.65. The van der Waals surface area contributed by atoms with Crippen LogP contribution < -0.4 is 14.9 Å². The van der Waals surface area contributed by atoms with Crippen LogP contribution in [0.2, 0.25) is 5.02 Å². The Morgan fingerprint density at radius 1 is 1.07 bits per heavy atom. The molecule has 0 aliphatic rings. The lowest BCUT2D eigenvalue weighted by molar-refractivity contribution is -0.123. The molecule has 0 aliphatic heterocycles. The molecule has 3 rings (SSSR count). The van der Waals surface area contributed by atoms with Crippen LogP contribution in [-0.2, 0) is 4.79 Å². The smallest absolute Gasteiger partial charge is 0.277 e. The fraction of sp³-hybridized carbons (Fsp3) is 0.143. The average molecular weight is 399 g/mol. The maximum Gasteiger partial charge on any atom is 0.277 e. The number of halogens is 1. The summed E-state index contributed by atoms with van der Waals surface area (Å²) < 4.78 is 16.6. The number of carbonyl (C=O) groups is 1. The van der Waals surface area contributed by atoms with Gasteiger partial charge in [0.05, 0.1) is 17.8 Å². The highest BCUT2D eigenvalue weighted by molar-refractivity contribution is 6.33. The van der Waals surface area contributed by atoms with Crippen molar-refractivity contribution in [3.8, 4) is 22.8 Å². The molecule has 0 radical (unpaired) electrons. The number of hydrazone groups is 1. The van der Waals surface area contributed by atoms with Gasteiger partial charge in [-0.25, -0.2) is 5.43 Å². The van der Waals surface area contributed by atoms with Crippen LogP contribution >= 0.6 is 11.6 Å². The SMILES string of the molecule is CCOc1ccccc1OCC(=O)NN=Cc1ccc(-c2ccccc2Cl)o1. The molecule has 0 spiro atoms. The molecule has 0 unspecified atom stereocenters. The zero-order chi connectivity index (χ0) is 19.8. The molecule has 0 saturated heterocycles. The second-order valence-corrected chi connectivity index (χ2v) is 6.05. The Morgan fingerprint density at radius 2 is 1.79 bits per heavy atom. The molecule has 0 saturated carbocycles. The molecule has 144 valence electrons. The lowest BCUT2D eigenvalue weighted by Gasteiger charge is -2.10. The molecule has 0 fully saturated rings. The highest BCUT2D eigenvalue weighted by Gasteiger charge is 2.08. The Balaban J connectivity index is 1.53. The summed E-state index contributed by atoms with van der Waals surface area (Å²) in [6, 6.07) is 18.1. The zero-order valence-electron chi connectivity index (χ0n) is 15.2. The van der Waals surface area contributed by atoms with E-state index in [0.29, 0.717) is 34.6 Å². The number of rotatable bonds is 8. The van der Waals surface area contributed by atoms with Crippen molar-refractivity contribution in [1.82, 2.24) is 5.43 Å². The summed E-state index contributed by atoms with van der Waals surface area (Å²) in [5.74, 6) is 1.79. The summed E-state index contributed by atoms with van der Waals surface area (Å²) in [6.45, 7) is 2.20. The third kappa shape index (κ3) is 5.14. The van der Waals surface area contributed by atoms with E-state index in [1.165, 1.54) is 6.21 Å². The molecule has 1 aromatic heterocycles. The number of hydrogen-bond acceptors (Lipinski definition) is 5. The molecule has 1 amide bonds. The van der Waals surface area contributed by atoms with E-state index in [0.717, 1.165) is 5.56 Å². The molecule has 7 heteroatoms. The predicted octanol–water partition coefficient (Wildman–Crippen LogP) is 4.53. The van der Waals surface area contributed by atoms with E-state index in [1.807, 2.05) is 31.2 Å². The number of carbonyl (C=O) groups excluding carboxylic acids is 1. The van der Waals surface area contributed by atoms with Crippen molar-refractivity contribution < 1.29 is 18.7 Å². The quantitative estimate of drug-likeness (QED) is 0.447. The van der Waals surface area contributed by atoms with E-state index in [2.05, 4.69) is 10.5 Å². The second-order valence-electron chi connectivity index (χ2n) is 5.64. The van der Waals surface area contributed by atoms with Crippen LogP contribution in [0.4, 0.5) is 0 Å². The Labute approximate surface area is 167 Å². The van der Waals surface area contributed by atoms with Crippen molar-refractivity contribution in [2.24, 2.45) is 5.10 Å². The standard InChI is InChI=1S/C21H19ClN2O4/c1-2-26-19-9-5-6-10-20(19)27-14-21(25)24-23-13-15-11-12-18(28-15)16-7-3-4-8-17(16)22/h3-13H,2,14H2,1H3,(H,24,25). The van der Waals surface area contributed by atoms with Crippen LogP contribution in [-0.4, -0.2) is 25.3 Å².